The van der Waals surface area contributed by atoms with E-state index in [1.54, 1.807) is 6.92 Å². The average Bonchev–Trinajstić information content (AvgIpc) is 2.82. The van der Waals surface area contributed by atoms with Crippen molar-refractivity contribution in [2.75, 3.05) is 24.7 Å². The molecule has 6 heteroatoms. The van der Waals surface area contributed by atoms with E-state index in [-0.39, 0.29) is 12.6 Å². The molecular formula is C27H33N3O3. The van der Waals surface area contributed by atoms with Crippen LogP contribution in [0.3, 0.4) is 0 Å². The summed E-state index contributed by atoms with van der Waals surface area (Å²) in [5.41, 5.74) is 5.27. The fourth-order valence-electron chi connectivity index (χ4n) is 3.53. The Kier molecular flexibility index (Phi) is 8.81. The summed E-state index contributed by atoms with van der Waals surface area (Å²) in [7, 11) is 0. The molecule has 0 saturated carbocycles. The van der Waals surface area contributed by atoms with Gasteiger partial charge in [0, 0.05) is 18.7 Å². The molecule has 0 N–H and O–H groups in total. The molecule has 0 saturated heterocycles. The Hall–Kier alpha value is -3.41. The molecule has 0 aliphatic carbocycles. The molecule has 1 aromatic heterocycles. The summed E-state index contributed by atoms with van der Waals surface area (Å²) < 4.78 is 10.6. The largest absolute Gasteiger partial charge is 0.482 e. The molecule has 0 aliphatic heterocycles. The zero-order valence-corrected chi connectivity index (χ0v) is 20.0. The molecular weight excluding hydrogens is 414 g/mol. The van der Waals surface area contributed by atoms with E-state index in [1.807, 2.05) is 31.5 Å². The Bertz CT molecular complexity index is 1050. The quantitative estimate of drug-likeness (QED) is 0.361. The molecule has 0 atom stereocenters. The first-order valence-electron chi connectivity index (χ1n) is 11.5. The maximum absolute atomic E-state index is 11.6. The summed E-state index contributed by atoms with van der Waals surface area (Å²) in [6, 6.07) is 14.4. The van der Waals surface area contributed by atoms with Crippen LogP contribution in [0.2, 0.25) is 0 Å². The highest BCUT2D eigenvalue weighted by Gasteiger charge is 2.13. The van der Waals surface area contributed by atoms with Gasteiger partial charge in [-0.25, -0.2) is 9.78 Å². The van der Waals surface area contributed by atoms with Gasteiger partial charge in [-0.2, -0.15) is 0 Å². The van der Waals surface area contributed by atoms with E-state index < -0.39 is 0 Å². The third kappa shape index (κ3) is 7.04. The zero-order chi connectivity index (χ0) is 23.6. The Morgan fingerprint density at radius 1 is 1.03 bits per heavy atom. The van der Waals surface area contributed by atoms with Crippen LogP contribution < -0.4 is 9.64 Å². The minimum Gasteiger partial charge on any atom is -0.482 e. The molecule has 0 bridgehead atoms. The van der Waals surface area contributed by atoms with Crippen LogP contribution in [0.1, 0.15) is 43.4 Å². The first-order valence-corrected chi connectivity index (χ1v) is 11.5. The van der Waals surface area contributed by atoms with E-state index in [0.717, 1.165) is 47.6 Å². The van der Waals surface area contributed by atoms with Crippen LogP contribution in [0.4, 0.5) is 5.82 Å². The number of aromatic nitrogens is 2. The Morgan fingerprint density at radius 2 is 1.82 bits per heavy atom. The average molecular weight is 448 g/mol. The monoisotopic (exact) mass is 447 g/mol. The Balaban J connectivity index is 1.77. The summed E-state index contributed by atoms with van der Waals surface area (Å²) in [6.07, 6.45) is 5.81. The smallest absolute Gasteiger partial charge is 0.344 e. The number of carbonyl (C=O) groups is 1. The Morgan fingerprint density at radius 3 is 2.52 bits per heavy atom. The van der Waals surface area contributed by atoms with Gasteiger partial charge >= 0.3 is 5.97 Å². The van der Waals surface area contributed by atoms with E-state index in [9.17, 15) is 4.79 Å². The number of rotatable bonds is 11. The van der Waals surface area contributed by atoms with Crippen molar-refractivity contribution in [1.29, 1.82) is 0 Å². The van der Waals surface area contributed by atoms with Crippen LogP contribution in [0.5, 0.6) is 5.75 Å². The highest BCUT2D eigenvalue weighted by Crippen LogP contribution is 2.24. The summed E-state index contributed by atoms with van der Waals surface area (Å²) in [4.78, 5) is 23.2. The molecule has 174 valence electrons. The summed E-state index contributed by atoms with van der Waals surface area (Å²) in [6.45, 7) is 9.90. The first kappa shape index (κ1) is 24.2. The van der Waals surface area contributed by atoms with Crippen molar-refractivity contribution in [1.82, 2.24) is 9.97 Å². The first-order chi connectivity index (χ1) is 16.0. The second kappa shape index (κ2) is 12.0. The predicted octanol–water partition coefficient (Wildman–Crippen LogP) is 5.51. The van der Waals surface area contributed by atoms with Gasteiger partial charge in [0.2, 0.25) is 0 Å². The number of hydrogen-bond donors (Lipinski definition) is 0. The molecule has 0 unspecified atom stereocenters. The van der Waals surface area contributed by atoms with Crippen molar-refractivity contribution in [3.63, 3.8) is 0 Å². The van der Waals surface area contributed by atoms with E-state index in [0.29, 0.717) is 18.9 Å². The van der Waals surface area contributed by atoms with E-state index in [2.05, 4.69) is 54.1 Å². The molecule has 33 heavy (non-hydrogen) atoms. The number of carbonyl (C=O) groups excluding carboxylic acids is 1. The highest BCUT2D eigenvalue weighted by molar-refractivity contribution is 5.71. The molecule has 0 radical (unpaired) electrons. The van der Waals surface area contributed by atoms with Crippen molar-refractivity contribution in [3.05, 3.63) is 71.5 Å². The van der Waals surface area contributed by atoms with Gasteiger partial charge in [0.1, 0.15) is 11.6 Å². The molecule has 3 rings (SSSR count). The maximum atomic E-state index is 11.6. The molecule has 3 aromatic rings. The van der Waals surface area contributed by atoms with Crippen molar-refractivity contribution >= 4 is 11.8 Å². The molecule has 2 aromatic carbocycles. The second-order valence-corrected chi connectivity index (χ2v) is 8.10. The molecule has 0 amide bonds. The zero-order valence-electron chi connectivity index (χ0n) is 20.0. The van der Waals surface area contributed by atoms with Crippen molar-refractivity contribution in [2.24, 2.45) is 0 Å². The van der Waals surface area contributed by atoms with Crippen LogP contribution >= 0.6 is 0 Å². The molecule has 0 fully saturated rings. The van der Waals surface area contributed by atoms with Crippen LogP contribution in [0, 0.1) is 13.8 Å². The van der Waals surface area contributed by atoms with Gasteiger partial charge in [-0.1, -0.05) is 55.3 Å². The van der Waals surface area contributed by atoms with Crippen LogP contribution in [-0.4, -0.2) is 35.7 Å². The lowest BCUT2D eigenvalue weighted by Crippen LogP contribution is -2.25. The van der Waals surface area contributed by atoms with Gasteiger partial charge in [0.25, 0.3) is 0 Å². The van der Waals surface area contributed by atoms with Crippen molar-refractivity contribution in [2.45, 2.75) is 47.1 Å². The van der Waals surface area contributed by atoms with Gasteiger partial charge in [-0.3, -0.25) is 4.98 Å². The minimum atomic E-state index is -0.362. The number of benzene rings is 2. The number of nitrogens with zero attached hydrogens (tertiary/aromatic N) is 3. The van der Waals surface area contributed by atoms with E-state index in [1.165, 1.54) is 5.56 Å². The van der Waals surface area contributed by atoms with Crippen molar-refractivity contribution in [3.8, 4) is 17.0 Å². The van der Waals surface area contributed by atoms with Gasteiger partial charge in [0.05, 0.1) is 24.7 Å². The van der Waals surface area contributed by atoms with Gasteiger partial charge < -0.3 is 14.4 Å². The lowest BCUT2D eigenvalue weighted by molar-refractivity contribution is -0.145. The fraction of sp³-hybridized carbons (Fsp3) is 0.370. The number of esters is 1. The van der Waals surface area contributed by atoms with Gasteiger partial charge in [-0.05, 0) is 44.4 Å². The van der Waals surface area contributed by atoms with Crippen LogP contribution in [0.15, 0.2) is 54.9 Å². The normalized spacial score (nSPS) is 10.7. The van der Waals surface area contributed by atoms with E-state index >= 15 is 0 Å². The lowest BCUT2D eigenvalue weighted by atomic mass is 10.1. The number of unbranched alkanes of at least 4 members (excludes halogenated alkanes) is 1. The summed E-state index contributed by atoms with van der Waals surface area (Å²) in [5.74, 6) is 1.19. The summed E-state index contributed by atoms with van der Waals surface area (Å²) in [5, 5.41) is 0. The van der Waals surface area contributed by atoms with Gasteiger partial charge in [-0.15, -0.1) is 0 Å². The summed E-state index contributed by atoms with van der Waals surface area (Å²) >= 11 is 0. The number of aryl methyl sites for hydroxylation is 2. The topological polar surface area (TPSA) is 64.5 Å². The Labute approximate surface area is 196 Å². The van der Waals surface area contributed by atoms with Crippen LogP contribution in [-0.2, 0) is 16.1 Å². The maximum Gasteiger partial charge on any atom is 0.344 e. The second-order valence-electron chi connectivity index (χ2n) is 8.10. The molecule has 0 aliphatic rings. The van der Waals surface area contributed by atoms with Gasteiger partial charge in [0.15, 0.2) is 6.61 Å². The van der Waals surface area contributed by atoms with Crippen LogP contribution in [0.25, 0.3) is 11.3 Å². The number of hydrogen-bond acceptors (Lipinski definition) is 6. The third-order valence-electron chi connectivity index (χ3n) is 5.34. The fourth-order valence-corrected chi connectivity index (χ4v) is 3.53. The molecule has 1 heterocycles. The standard InChI is InChI=1S/C27H33N3O3/c1-5-7-14-30(26-17-28-16-24(29-26)23-11-8-20(3)9-12-23)18-22-10-13-25(21(4)15-22)33-19-27(31)32-6-2/h8-13,15-17H,5-7,14,18-19H2,1-4H3. The molecule has 0 spiro atoms. The highest BCUT2D eigenvalue weighted by atomic mass is 16.6. The van der Waals surface area contributed by atoms with E-state index in [4.69, 9.17) is 14.5 Å². The minimum absolute atomic E-state index is 0.0853. The lowest BCUT2D eigenvalue weighted by Gasteiger charge is -2.24. The van der Waals surface area contributed by atoms with Crippen molar-refractivity contribution < 1.29 is 14.3 Å². The molecule has 6 nitrogen and oxygen atoms in total. The predicted molar refractivity (Wildman–Crippen MR) is 131 cm³/mol. The number of anilines is 1. The third-order valence-corrected chi connectivity index (χ3v) is 5.34. The number of ether oxygens (including phenoxy) is 2. The SMILES string of the molecule is CCCCN(Cc1ccc(OCC(=O)OCC)c(C)c1)c1cncc(-c2ccc(C)cc2)n1.